The van der Waals surface area contributed by atoms with Crippen molar-refractivity contribution in [1.82, 2.24) is 0 Å². The lowest BCUT2D eigenvalue weighted by Crippen LogP contribution is -3.01. The van der Waals surface area contributed by atoms with Crippen LogP contribution in [0.2, 0.25) is 0 Å². The molecule has 1 aliphatic rings. The van der Waals surface area contributed by atoms with Crippen LogP contribution in [0, 0.1) is 0 Å². The van der Waals surface area contributed by atoms with Gasteiger partial charge in [0.25, 0.3) is 0 Å². The van der Waals surface area contributed by atoms with Crippen LogP contribution in [0.1, 0.15) is 19.8 Å². The van der Waals surface area contributed by atoms with Gasteiger partial charge < -0.3 is 0 Å². The van der Waals surface area contributed by atoms with Gasteiger partial charge in [-0.15, -0.1) is 0 Å². The van der Waals surface area contributed by atoms with E-state index in [9.17, 15) is 0 Å². The summed E-state index contributed by atoms with van der Waals surface area (Å²) in [5.74, 6) is 0. The summed E-state index contributed by atoms with van der Waals surface area (Å²) in [6.45, 7) is 3.48. The van der Waals surface area contributed by atoms with E-state index in [1.807, 2.05) is 0 Å². The molecule has 0 aromatic heterocycles. The molecule has 0 atom stereocenters. The normalized spacial score (nSPS) is 17.4. The van der Waals surface area contributed by atoms with Gasteiger partial charge in [-0.25, -0.2) is 0 Å². The van der Waals surface area contributed by atoms with Crippen LogP contribution in [0.3, 0.4) is 0 Å². The fraction of sp³-hybridized carbons (Fsp3) is 0.500. The number of hydrogen-bond donors (Lipinski definition) is 1. The molecule has 50 valence electrons. The third-order valence-electron chi connectivity index (χ3n) is 1.55. The minimum Gasteiger partial charge on any atom is -0.282 e. The summed E-state index contributed by atoms with van der Waals surface area (Å²) < 4.78 is 0. The average molecular weight is 124 g/mol. The molecule has 0 aromatic rings. The highest BCUT2D eigenvalue weighted by Crippen LogP contribution is 1.82. The van der Waals surface area contributed by atoms with Crippen molar-refractivity contribution in [2.24, 2.45) is 0 Å². The number of nitrogens with one attached hydrogen (secondary N) is 1. The van der Waals surface area contributed by atoms with Crippen LogP contribution in [0.5, 0.6) is 0 Å². The zero-order valence-corrected chi connectivity index (χ0v) is 5.93. The standard InChI is InChI=1S/C8H13N/c1-2-3-6-9-7-4-5-8-9/h4-5,7-8H,2-3,6H2,1H3/p+1. The lowest BCUT2D eigenvalue weighted by molar-refractivity contribution is -0.787. The second-order valence-electron chi connectivity index (χ2n) is 2.40. The zero-order valence-electron chi connectivity index (χ0n) is 5.93. The molecule has 1 rings (SSSR count). The minimum atomic E-state index is 1.25. The van der Waals surface area contributed by atoms with Crippen molar-refractivity contribution in [2.45, 2.75) is 19.8 Å². The molecule has 0 amide bonds. The number of rotatable bonds is 3. The maximum absolute atomic E-state index is 2.23. The highest BCUT2D eigenvalue weighted by atomic mass is 15.1. The van der Waals surface area contributed by atoms with Crippen molar-refractivity contribution in [3.63, 3.8) is 0 Å². The Kier molecular flexibility index (Phi) is 2.52. The Hall–Kier alpha value is -0.560. The van der Waals surface area contributed by atoms with Gasteiger partial charge in [-0.3, -0.25) is 4.90 Å². The summed E-state index contributed by atoms with van der Waals surface area (Å²) in [6.07, 6.45) is 11.2. The maximum Gasteiger partial charge on any atom is 0.0990 e. The van der Waals surface area contributed by atoms with E-state index in [4.69, 9.17) is 0 Å². The number of unbranched alkanes of at least 4 members (excludes halogenated alkanes) is 1. The second kappa shape index (κ2) is 3.46. The summed E-state index contributed by atoms with van der Waals surface area (Å²) in [5, 5.41) is 0. The fourth-order valence-corrected chi connectivity index (χ4v) is 0.961. The van der Waals surface area contributed by atoms with Gasteiger partial charge in [0.05, 0.1) is 18.9 Å². The molecule has 0 aromatic carbocycles. The highest BCUT2D eigenvalue weighted by Gasteiger charge is 2.00. The van der Waals surface area contributed by atoms with Crippen LogP contribution in [-0.4, -0.2) is 6.54 Å². The Morgan fingerprint density at radius 1 is 1.22 bits per heavy atom. The third-order valence-corrected chi connectivity index (χ3v) is 1.55. The van der Waals surface area contributed by atoms with Gasteiger partial charge in [-0.1, -0.05) is 13.3 Å². The van der Waals surface area contributed by atoms with E-state index in [0.717, 1.165) is 0 Å². The summed E-state index contributed by atoms with van der Waals surface area (Å²) in [7, 11) is 0. The van der Waals surface area contributed by atoms with Crippen LogP contribution < -0.4 is 4.90 Å². The lowest BCUT2D eigenvalue weighted by Gasteiger charge is -2.03. The van der Waals surface area contributed by atoms with Gasteiger partial charge in [-0.2, -0.15) is 0 Å². The van der Waals surface area contributed by atoms with E-state index in [1.165, 1.54) is 24.3 Å². The van der Waals surface area contributed by atoms with Crippen molar-refractivity contribution >= 4 is 0 Å². The van der Waals surface area contributed by atoms with E-state index in [-0.39, 0.29) is 0 Å². The molecule has 0 fully saturated rings. The average Bonchev–Trinajstić information content (AvgIpc) is 2.34. The number of quaternary nitrogens is 1. The van der Waals surface area contributed by atoms with Crippen LogP contribution in [-0.2, 0) is 0 Å². The van der Waals surface area contributed by atoms with Crippen molar-refractivity contribution in [3.8, 4) is 0 Å². The first-order chi connectivity index (χ1) is 4.43. The Morgan fingerprint density at radius 3 is 2.44 bits per heavy atom. The van der Waals surface area contributed by atoms with Gasteiger partial charge in [-0.05, 0) is 18.6 Å². The quantitative estimate of drug-likeness (QED) is 0.565. The summed E-state index contributed by atoms with van der Waals surface area (Å²) in [4.78, 5) is 1.48. The number of allylic oxidation sites excluding steroid dienone is 2. The molecule has 1 aliphatic heterocycles. The van der Waals surface area contributed by atoms with E-state index in [0.29, 0.717) is 0 Å². The lowest BCUT2D eigenvalue weighted by atomic mass is 10.3. The van der Waals surface area contributed by atoms with E-state index in [2.05, 4.69) is 31.5 Å². The highest BCUT2D eigenvalue weighted by molar-refractivity contribution is 5.00. The minimum absolute atomic E-state index is 1.25. The van der Waals surface area contributed by atoms with Gasteiger partial charge in [0.1, 0.15) is 0 Å². The first kappa shape index (κ1) is 6.56. The van der Waals surface area contributed by atoms with Crippen LogP contribution in [0.4, 0.5) is 0 Å². The van der Waals surface area contributed by atoms with Crippen LogP contribution in [0.15, 0.2) is 24.6 Å². The largest absolute Gasteiger partial charge is 0.282 e. The first-order valence-corrected chi connectivity index (χ1v) is 3.64. The maximum atomic E-state index is 2.23. The SMILES string of the molecule is CCCC[NH+]1C=CC=C1. The molecular formula is C8H14N+. The Morgan fingerprint density at radius 2 is 1.89 bits per heavy atom. The molecule has 1 heterocycles. The Bertz CT molecular complexity index is 113. The van der Waals surface area contributed by atoms with Crippen molar-refractivity contribution in [3.05, 3.63) is 24.6 Å². The molecule has 1 nitrogen and oxygen atoms in total. The molecule has 0 aliphatic carbocycles. The molecular weight excluding hydrogens is 110 g/mol. The summed E-state index contributed by atoms with van der Waals surface area (Å²) >= 11 is 0. The predicted octanol–water partition coefficient (Wildman–Crippen LogP) is 0.712. The van der Waals surface area contributed by atoms with Crippen LogP contribution >= 0.6 is 0 Å². The van der Waals surface area contributed by atoms with Crippen molar-refractivity contribution in [1.29, 1.82) is 0 Å². The Labute approximate surface area is 56.7 Å². The molecule has 0 saturated heterocycles. The smallest absolute Gasteiger partial charge is 0.0990 e. The molecule has 0 saturated carbocycles. The van der Waals surface area contributed by atoms with Gasteiger partial charge in [0.15, 0.2) is 0 Å². The number of hydrogen-bond acceptors (Lipinski definition) is 0. The summed E-state index contributed by atoms with van der Waals surface area (Å²) in [6, 6.07) is 0. The second-order valence-corrected chi connectivity index (χ2v) is 2.40. The van der Waals surface area contributed by atoms with Crippen molar-refractivity contribution < 1.29 is 4.90 Å². The van der Waals surface area contributed by atoms with E-state index >= 15 is 0 Å². The molecule has 9 heavy (non-hydrogen) atoms. The van der Waals surface area contributed by atoms with Gasteiger partial charge in [0, 0.05) is 0 Å². The topological polar surface area (TPSA) is 4.44 Å². The third kappa shape index (κ3) is 2.02. The zero-order chi connectivity index (χ0) is 6.53. The molecule has 0 bridgehead atoms. The Balaban J connectivity index is 2.13. The van der Waals surface area contributed by atoms with Crippen molar-refractivity contribution in [2.75, 3.05) is 6.54 Å². The monoisotopic (exact) mass is 124 g/mol. The summed E-state index contributed by atoms with van der Waals surface area (Å²) in [5.41, 5.74) is 0. The van der Waals surface area contributed by atoms with Crippen LogP contribution in [0.25, 0.3) is 0 Å². The predicted molar refractivity (Wildman–Crippen MR) is 39.0 cm³/mol. The molecule has 0 radical (unpaired) electrons. The molecule has 1 heteroatoms. The van der Waals surface area contributed by atoms with Gasteiger partial charge >= 0.3 is 0 Å². The van der Waals surface area contributed by atoms with E-state index < -0.39 is 0 Å². The first-order valence-electron chi connectivity index (χ1n) is 3.64. The van der Waals surface area contributed by atoms with Gasteiger partial charge in [0.2, 0.25) is 0 Å². The fourth-order valence-electron chi connectivity index (χ4n) is 0.961. The molecule has 0 unspecified atom stereocenters. The van der Waals surface area contributed by atoms with E-state index in [1.54, 1.807) is 0 Å². The molecule has 0 spiro atoms. The molecule has 1 N–H and O–H groups in total.